The Bertz CT molecular complexity index is 623. The third-order valence-electron chi connectivity index (χ3n) is 3.20. The third-order valence-corrected chi connectivity index (χ3v) is 4.09. The Balaban J connectivity index is 2.17. The smallest absolute Gasteiger partial charge is 0.104 e. The topological polar surface area (TPSA) is 38.0 Å². The van der Waals surface area contributed by atoms with Crippen LogP contribution >= 0.6 is 28.1 Å². The Labute approximate surface area is 133 Å². The molecule has 0 bridgehead atoms. The molecule has 4 heteroatoms. The maximum atomic E-state index is 5.63. The molecule has 0 amide bonds. The van der Waals surface area contributed by atoms with Crippen LogP contribution in [-0.2, 0) is 0 Å². The molecule has 0 aliphatic rings. The Kier molecular flexibility index (Phi) is 4.78. The average molecular weight is 349 g/mol. The molecule has 1 atom stereocenters. The number of halogens is 1. The van der Waals surface area contributed by atoms with E-state index in [9.17, 15) is 0 Å². The van der Waals surface area contributed by atoms with Crippen molar-refractivity contribution < 1.29 is 0 Å². The molecule has 2 nitrogen and oxygen atoms in total. The molecule has 2 aromatic rings. The van der Waals surface area contributed by atoms with Crippen molar-refractivity contribution in [1.29, 1.82) is 0 Å². The first-order valence-electron chi connectivity index (χ1n) is 6.40. The van der Waals surface area contributed by atoms with Crippen LogP contribution in [0.15, 0.2) is 46.9 Å². The monoisotopic (exact) mass is 348 g/mol. The van der Waals surface area contributed by atoms with Crippen molar-refractivity contribution in [2.45, 2.75) is 19.9 Å². The van der Waals surface area contributed by atoms with E-state index in [1.165, 1.54) is 11.1 Å². The van der Waals surface area contributed by atoms with E-state index >= 15 is 0 Å². The second kappa shape index (κ2) is 6.37. The molecule has 0 saturated heterocycles. The molecule has 1 unspecified atom stereocenters. The van der Waals surface area contributed by atoms with E-state index in [2.05, 4.69) is 59.4 Å². The summed E-state index contributed by atoms with van der Waals surface area (Å²) in [4.78, 5) is 0.406. The molecular weight excluding hydrogens is 332 g/mol. The van der Waals surface area contributed by atoms with E-state index in [-0.39, 0.29) is 6.04 Å². The van der Waals surface area contributed by atoms with Gasteiger partial charge in [-0.2, -0.15) is 0 Å². The summed E-state index contributed by atoms with van der Waals surface area (Å²) in [5.74, 6) is 0. The van der Waals surface area contributed by atoms with Crippen LogP contribution in [-0.4, -0.2) is 4.99 Å². The number of nitrogens with one attached hydrogen (secondary N) is 1. The van der Waals surface area contributed by atoms with Gasteiger partial charge in [0.05, 0.1) is 0 Å². The summed E-state index contributed by atoms with van der Waals surface area (Å²) in [5, 5.41) is 3.48. The van der Waals surface area contributed by atoms with Crippen LogP contribution in [0.4, 0.5) is 5.69 Å². The van der Waals surface area contributed by atoms with Crippen LogP contribution in [0.3, 0.4) is 0 Å². The van der Waals surface area contributed by atoms with Crippen molar-refractivity contribution >= 4 is 38.8 Å². The summed E-state index contributed by atoms with van der Waals surface area (Å²) in [7, 11) is 0. The van der Waals surface area contributed by atoms with Gasteiger partial charge in [-0.15, -0.1) is 0 Å². The van der Waals surface area contributed by atoms with Gasteiger partial charge in [0.25, 0.3) is 0 Å². The predicted molar refractivity (Wildman–Crippen MR) is 93.2 cm³/mol. The van der Waals surface area contributed by atoms with Crippen molar-refractivity contribution in [3.05, 3.63) is 63.6 Å². The molecule has 104 valence electrons. The maximum Gasteiger partial charge on any atom is 0.104 e. The molecule has 0 radical (unpaired) electrons. The van der Waals surface area contributed by atoms with E-state index in [4.69, 9.17) is 18.0 Å². The Hall–Kier alpha value is -1.39. The highest BCUT2D eigenvalue weighted by Gasteiger charge is 2.08. The van der Waals surface area contributed by atoms with Gasteiger partial charge in [-0.1, -0.05) is 42.0 Å². The number of benzene rings is 2. The van der Waals surface area contributed by atoms with Gasteiger partial charge in [0.2, 0.25) is 0 Å². The standard InChI is InChI=1S/C16H17BrN2S/c1-10-3-5-12(6-4-10)11(2)19-15-8-7-13(16(18)20)9-14(15)17/h3-9,11,19H,1-2H3,(H2,18,20). The number of rotatable bonds is 4. The Morgan fingerprint density at radius 2 is 1.85 bits per heavy atom. The first kappa shape index (κ1) is 15.0. The second-order valence-electron chi connectivity index (χ2n) is 4.84. The van der Waals surface area contributed by atoms with Gasteiger partial charge in [-0.25, -0.2) is 0 Å². The molecule has 0 fully saturated rings. The number of hydrogen-bond donors (Lipinski definition) is 2. The van der Waals surface area contributed by atoms with Crippen molar-refractivity contribution in [3.63, 3.8) is 0 Å². The minimum atomic E-state index is 0.225. The summed E-state index contributed by atoms with van der Waals surface area (Å²) in [6, 6.07) is 14.6. The zero-order valence-corrected chi connectivity index (χ0v) is 13.9. The molecule has 0 saturated carbocycles. The lowest BCUT2D eigenvalue weighted by Crippen LogP contribution is -2.11. The fourth-order valence-corrected chi connectivity index (χ4v) is 2.58. The number of nitrogens with two attached hydrogens (primary N) is 1. The largest absolute Gasteiger partial charge is 0.389 e. The fraction of sp³-hybridized carbons (Fsp3) is 0.188. The van der Waals surface area contributed by atoms with E-state index in [1.807, 2.05) is 18.2 Å². The summed E-state index contributed by atoms with van der Waals surface area (Å²) in [6.45, 7) is 4.23. The average Bonchev–Trinajstić information content (AvgIpc) is 2.41. The van der Waals surface area contributed by atoms with Crippen LogP contribution in [0.25, 0.3) is 0 Å². The lowest BCUT2D eigenvalue weighted by atomic mass is 10.1. The lowest BCUT2D eigenvalue weighted by Gasteiger charge is -2.17. The van der Waals surface area contributed by atoms with E-state index < -0.39 is 0 Å². The van der Waals surface area contributed by atoms with Crippen LogP contribution in [0.2, 0.25) is 0 Å². The predicted octanol–water partition coefficient (Wildman–Crippen LogP) is 4.56. The van der Waals surface area contributed by atoms with Gasteiger partial charge in [-0.3, -0.25) is 0 Å². The molecular formula is C16H17BrN2S. The van der Waals surface area contributed by atoms with Gasteiger partial charge in [0, 0.05) is 21.8 Å². The number of anilines is 1. The molecule has 0 spiro atoms. The highest BCUT2D eigenvalue weighted by Crippen LogP contribution is 2.27. The van der Waals surface area contributed by atoms with E-state index in [1.54, 1.807) is 0 Å². The molecule has 2 rings (SSSR count). The zero-order valence-electron chi connectivity index (χ0n) is 11.5. The molecule has 0 aromatic heterocycles. The fourth-order valence-electron chi connectivity index (χ4n) is 1.96. The summed E-state index contributed by atoms with van der Waals surface area (Å²) in [5.41, 5.74) is 10.0. The van der Waals surface area contributed by atoms with Gasteiger partial charge >= 0.3 is 0 Å². The first-order chi connectivity index (χ1) is 9.47. The zero-order chi connectivity index (χ0) is 14.7. The van der Waals surface area contributed by atoms with E-state index in [0.29, 0.717) is 4.99 Å². The third kappa shape index (κ3) is 3.58. The van der Waals surface area contributed by atoms with Crippen molar-refractivity contribution in [2.75, 3.05) is 5.32 Å². The van der Waals surface area contributed by atoms with Gasteiger partial charge in [0.15, 0.2) is 0 Å². The molecule has 20 heavy (non-hydrogen) atoms. The molecule has 0 heterocycles. The van der Waals surface area contributed by atoms with Crippen molar-refractivity contribution in [3.8, 4) is 0 Å². The number of hydrogen-bond acceptors (Lipinski definition) is 2. The molecule has 2 aromatic carbocycles. The van der Waals surface area contributed by atoms with Gasteiger partial charge in [-0.05, 0) is 53.5 Å². The molecule has 0 aliphatic heterocycles. The first-order valence-corrected chi connectivity index (χ1v) is 7.60. The van der Waals surface area contributed by atoms with E-state index in [0.717, 1.165) is 15.7 Å². The second-order valence-corrected chi connectivity index (χ2v) is 6.13. The van der Waals surface area contributed by atoms with Crippen LogP contribution < -0.4 is 11.1 Å². The summed E-state index contributed by atoms with van der Waals surface area (Å²) in [6.07, 6.45) is 0. The highest BCUT2D eigenvalue weighted by molar-refractivity contribution is 9.10. The summed E-state index contributed by atoms with van der Waals surface area (Å²) < 4.78 is 0.960. The van der Waals surface area contributed by atoms with Gasteiger partial charge in [0.1, 0.15) is 4.99 Å². The number of aryl methyl sites for hydroxylation is 1. The quantitative estimate of drug-likeness (QED) is 0.795. The lowest BCUT2D eigenvalue weighted by molar-refractivity contribution is 0.883. The Morgan fingerprint density at radius 1 is 1.20 bits per heavy atom. The SMILES string of the molecule is Cc1ccc(C(C)Nc2ccc(C(N)=S)cc2Br)cc1. The normalized spacial score (nSPS) is 11.9. The van der Waals surface area contributed by atoms with Gasteiger partial charge < -0.3 is 11.1 Å². The van der Waals surface area contributed by atoms with Crippen LogP contribution in [0, 0.1) is 6.92 Å². The minimum Gasteiger partial charge on any atom is -0.389 e. The Morgan fingerprint density at radius 3 is 2.40 bits per heavy atom. The maximum absolute atomic E-state index is 5.63. The minimum absolute atomic E-state index is 0.225. The highest BCUT2D eigenvalue weighted by atomic mass is 79.9. The molecule has 0 aliphatic carbocycles. The van der Waals surface area contributed by atoms with Crippen LogP contribution in [0.1, 0.15) is 29.7 Å². The van der Waals surface area contributed by atoms with Crippen LogP contribution in [0.5, 0.6) is 0 Å². The number of thiocarbonyl (C=S) groups is 1. The van der Waals surface area contributed by atoms with Crippen molar-refractivity contribution in [1.82, 2.24) is 0 Å². The summed E-state index contributed by atoms with van der Waals surface area (Å²) >= 11 is 8.53. The van der Waals surface area contributed by atoms with Crippen molar-refractivity contribution in [2.24, 2.45) is 5.73 Å². The molecule has 3 N–H and O–H groups in total.